The van der Waals surface area contributed by atoms with Crippen molar-refractivity contribution in [1.29, 1.82) is 0 Å². The number of hydrogen-bond donors (Lipinski definition) is 1. The molecule has 3 aromatic heterocycles. The minimum Gasteiger partial charge on any atom is -0.349 e. The molecular formula is C31H29N4S+. The zero-order chi connectivity index (χ0) is 24.4. The molecule has 3 heterocycles. The number of thioether (sulfide) groups is 1. The Morgan fingerprint density at radius 3 is 2.33 bits per heavy atom. The Morgan fingerprint density at radius 1 is 0.833 bits per heavy atom. The normalized spacial score (nSPS) is 14.5. The Bertz CT molecular complexity index is 1480. The molecule has 0 spiro atoms. The van der Waals surface area contributed by atoms with E-state index in [0.717, 1.165) is 50.5 Å². The largest absolute Gasteiger partial charge is 0.349 e. The first-order valence-corrected chi connectivity index (χ1v) is 13.5. The maximum Gasteiger partial charge on any atom is 0.120 e. The summed E-state index contributed by atoms with van der Waals surface area (Å²) in [5, 5.41) is 2.12. The Kier molecular flexibility index (Phi) is 6.26. The smallest absolute Gasteiger partial charge is 0.120 e. The summed E-state index contributed by atoms with van der Waals surface area (Å²) in [5.41, 5.74) is 12.6. The van der Waals surface area contributed by atoms with E-state index >= 15 is 0 Å². The summed E-state index contributed by atoms with van der Waals surface area (Å²) in [4.78, 5) is 14.0. The summed E-state index contributed by atoms with van der Waals surface area (Å²) in [6.45, 7) is 0. The molecule has 0 radical (unpaired) electrons. The van der Waals surface area contributed by atoms with E-state index in [1.807, 2.05) is 24.7 Å². The lowest BCUT2D eigenvalue weighted by Crippen LogP contribution is -2.73. The van der Waals surface area contributed by atoms with Gasteiger partial charge in [-0.2, -0.15) is 0 Å². The molecule has 178 valence electrons. The molecule has 5 heteroatoms. The Morgan fingerprint density at radius 2 is 1.61 bits per heavy atom. The van der Waals surface area contributed by atoms with Gasteiger partial charge in [-0.15, -0.1) is 11.8 Å². The van der Waals surface area contributed by atoms with E-state index in [1.165, 1.54) is 30.4 Å². The number of aryl methyl sites for hydroxylation is 1. The topological polar surface area (TPSA) is 66.3 Å². The maximum atomic E-state index is 5.20. The molecule has 5 aromatic rings. The van der Waals surface area contributed by atoms with Crippen molar-refractivity contribution in [2.24, 2.45) is 0 Å². The highest BCUT2D eigenvalue weighted by Gasteiger charge is 2.38. The van der Waals surface area contributed by atoms with E-state index in [1.54, 1.807) is 11.8 Å². The molecule has 1 saturated carbocycles. The average molecular weight is 490 g/mol. The summed E-state index contributed by atoms with van der Waals surface area (Å²) in [6, 6.07) is 27.9. The Labute approximate surface area is 216 Å². The van der Waals surface area contributed by atoms with E-state index < -0.39 is 0 Å². The molecule has 1 fully saturated rings. The van der Waals surface area contributed by atoms with Crippen LogP contribution >= 0.6 is 11.8 Å². The first kappa shape index (κ1) is 22.9. The van der Waals surface area contributed by atoms with Gasteiger partial charge in [-0.25, -0.2) is 9.97 Å². The van der Waals surface area contributed by atoms with Crippen molar-refractivity contribution in [3.63, 3.8) is 0 Å². The first-order chi connectivity index (χ1) is 17.7. The summed E-state index contributed by atoms with van der Waals surface area (Å²) < 4.78 is 0. The molecule has 0 atom stereocenters. The molecule has 0 amide bonds. The zero-order valence-corrected chi connectivity index (χ0v) is 21.0. The average Bonchev–Trinajstić information content (AvgIpc) is 2.92. The number of pyridine rings is 3. The molecule has 2 aromatic carbocycles. The first-order valence-electron chi connectivity index (χ1n) is 12.5. The number of rotatable bonds is 7. The van der Waals surface area contributed by atoms with Crippen LogP contribution in [0.25, 0.3) is 33.3 Å². The summed E-state index contributed by atoms with van der Waals surface area (Å²) in [5.74, 6) is 0.951. The number of benzene rings is 2. The third-order valence-corrected chi connectivity index (χ3v) is 8.26. The fraction of sp³-hybridized carbons (Fsp3) is 0.194. The van der Waals surface area contributed by atoms with Crippen LogP contribution in [-0.4, -0.2) is 20.7 Å². The fourth-order valence-electron chi connectivity index (χ4n) is 4.93. The second-order valence-electron chi connectivity index (χ2n) is 9.60. The van der Waals surface area contributed by atoms with Crippen molar-refractivity contribution in [3.05, 3.63) is 109 Å². The summed E-state index contributed by atoms with van der Waals surface area (Å²) >= 11 is 1.79. The number of fused-ring (bicyclic) bond motifs is 1. The van der Waals surface area contributed by atoms with Gasteiger partial charge in [0, 0.05) is 59.3 Å². The highest BCUT2D eigenvalue weighted by atomic mass is 32.2. The van der Waals surface area contributed by atoms with Gasteiger partial charge >= 0.3 is 0 Å². The van der Waals surface area contributed by atoms with Gasteiger partial charge in [0.25, 0.3) is 0 Å². The fourth-order valence-corrected chi connectivity index (χ4v) is 5.92. The molecule has 4 nitrogen and oxygen atoms in total. The van der Waals surface area contributed by atoms with Crippen molar-refractivity contribution in [2.45, 2.75) is 36.2 Å². The third kappa shape index (κ3) is 4.52. The predicted octanol–water partition coefficient (Wildman–Crippen LogP) is 6.31. The zero-order valence-electron chi connectivity index (χ0n) is 20.2. The number of quaternary nitrogens is 1. The van der Waals surface area contributed by atoms with Crippen LogP contribution < -0.4 is 5.73 Å². The van der Waals surface area contributed by atoms with Gasteiger partial charge in [-0.1, -0.05) is 54.6 Å². The van der Waals surface area contributed by atoms with Crippen molar-refractivity contribution in [1.82, 2.24) is 15.0 Å². The SMILES string of the molecule is [NH3+]C1(c2ccc(-c3nc4ccnc(SCCc5ccncc5)c4cc3-c3ccccc3)cc2)CCC1. The Balaban J connectivity index is 1.39. The number of aromatic nitrogens is 3. The predicted molar refractivity (Wildman–Crippen MR) is 147 cm³/mol. The Hall–Kier alpha value is -3.54. The van der Waals surface area contributed by atoms with Gasteiger partial charge in [-0.05, 0) is 48.2 Å². The van der Waals surface area contributed by atoms with Crippen LogP contribution in [0.2, 0.25) is 0 Å². The molecule has 0 unspecified atom stereocenters. The second-order valence-corrected chi connectivity index (χ2v) is 10.7. The van der Waals surface area contributed by atoms with Crippen LogP contribution in [0, 0.1) is 0 Å². The van der Waals surface area contributed by atoms with Gasteiger partial charge in [0.2, 0.25) is 0 Å². The molecule has 0 saturated heterocycles. The van der Waals surface area contributed by atoms with E-state index in [4.69, 9.17) is 9.97 Å². The lowest BCUT2D eigenvalue weighted by Gasteiger charge is -2.34. The monoisotopic (exact) mass is 489 g/mol. The van der Waals surface area contributed by atoms with Crippen LogP contribution in [-0.2, 0) is 12.0 Å². The molecule has 3 N–H and O–H groups in total. The van der Waals surface area contributed by atoms with Crippen LogP contribution in [0.15, 0.2) is 102 Å². The van der Waals surface area contributed by atoms with E-state index in [-0.39, 0.29) is 5.54 Å². The molecule has 0 bridgehead atoms. The van der Waals surface area contributed by atoms with Gasteiger partial charge in [0.1, 0.15) is 10.6 Å². The van der Waals surface area contributed by atoms with Crippen LogP contribution in [0.3, 0.4) is 0 Å². The highest BCUT2D eigenvalue weighted by molar-refractivity contribution is 7.99. The third-order valence-electron chi connectivity index (χ3n) is 7.25. The lowest BCUT2D eigenvalue weighted by molar-refractivity contribution is -0.509. The van der Waals surface area contributed by atoms with Crippen LogP contribution in [0.1, 0.15) is 30.4 Å². The number of nitrogens with zero attached hydrogens (tertiary/aromatic N) is 3. The number of hydrogen-bond acceptors (Lipinski definition) is 4. The van der Waals surface area contributed by atoms with Gasteiger partial charge in [0.05, 0.1) is 11.2 Å². The van der Waals surface area contributed by atoms with Crippen LogP contribution in [0.4, 0.5) is 0 Å². The quantitative estimate of drug-likeness (QED) is 0.272. The van der Waals surface area contributed by atoms with E-state index in [2.05, 4.69) is 83.5 Å². The molecular weight excluding hydrogens is 460 g/mol. The minimum atomic E-state index is 0.0889. The van der Waals surface area contributed by atoms with Crippen molar-refractivity contribution >= 4 is 22.7 Å². The van der Waals surface area contributed by atoms with E-state index in [9.17, 15) is 0 Å². The van der Waals surface area contributed by atoms with Crippen LogP contribution in [0.5, 0.6) is 0 Å². The minimum absolute atomic E-state index is 0.0889. The van der Waals surface area contributed by atoms with Gasteiger partial charge in [0.15, 0.2) is 0 Å². The summed E-state index contributed by atoms with van der Waals surface area (Å²) in [6.07, 6.45) is 10.2. The highest BCUT2D eigenvalue weighted by Crippen LogP contribution is 2.39. The molecule has 36 heavy (non-hydrogen) atoms. The van der Waals surface area contributed by atoms with Crippen molar-refractivity contribution in [3.8, 4) is 22.4 Å². The summed E-state index contributed by atoms with van der Waals surface area (Å²) in [7, 11) is 0. The van der Waals surface area contributed by atoms with Gasteiger partial charge in [-0.3, -0.25) is 4.98 Å². The van der Waals surface area contributed by atoms with Crippen molar-refractivity contribution < 1.29 is 5.73 Å². The second kappa shape index (κ2) is 9.84. The molecule has 1 aliphatic carbocycles. The molecule has 0 aliphatic heterocycles. The molecule has 6 rings (SSSR count). The lowest BCUT2D eigenvalue weighted by atomic mass is 9.72. The molecule has 1 aliphatic rings. The maximum absolute atomic E-state index is 5.20. The van der Waals surface area contributed by atoms with Gasteiger partial charge < -0.3 is 5.73 Å². The van der Waals surface area contributed by atoms with Crippen molar-refractivity contribution in [2.75, 3.05) is 5.75 Å². The standard InChI is InChI=1S/C31H28N4S/c32-31(15-4-16-31)25-9-7-24(8-10-25)29-26(23-5-2-1-3-6-23)21-27-28(35-29)13-19-34-30(27)36-20-14-22-11-17-33-18-12-22/h1-3,5-13,17-19,21H,4,14-16,20,32H2/p+1. The van der Waals surface area contributed by atoms with E-state index in [0.29, 0.717) is 0 Å².